The molecule has 1 aliphatic rings. The van der Waals surface area contributed by atoms with Crippen LogP contribution >= 0.6 is 0 Å². The minimum absolute atomic E-state index is 0.0208. The highest BCUT2D eigenvalue weighted by molar-refractivity contribution is 5.66. The van der Waals surface area contributed by atoms with Gasteiger partial charge in [-0.3, -0.25) is 0 Å². The van der Waals surface area contributed by atoms with Gasteiger partial charge in [-0.25, -0.2) is 4.98 Å². The summed E-state index contributed by atoms with van der Waals surface area (Å²) >= 11 is 0. The van der Waals surface area contributed by atoms with E-state index in [1.54, 1.807) is 0 Å². The first-order valence-electron chi connectivity index (χ1n) is 6.77. The Balaban J connectivity index is 2.06. The number of nitrogen functional groups attached to an aromatic ring is 1. The lowest BCUT2D eigenvalue weighted by atomic mass is 9.97. The van der Waals surface area contributed by atoms with Crippen LogP contribution in [-0.4, -0.2) is 46.0 Å². The number of ether oxygens (including phenoxy) is 2. The van der Waals surface area contributed by atoms with Crippen LogP contribution in [-0.2, 0) is 4.74 Å². The third-order valence-corrected chi connectivity index (χ3v) is 3.42. The van der Waals surface area contributed by atoms with Crippen molar-refractivity contribution in [3.05, 3.63) is 6.33 Å². The molecule has 1 aromatic heterocycles. The Hall–Kier alpha value is -1.60. The van der Waals surface area contributed by atoms with Crippen molar-refractivity contribution in [3.63, 3.8) is 0 Å². The van der Waals surface area contributed by atoms with E-state index in [-0.39, 0.29) is 12.2 Å². The molecule has 0 bridgehead atoms. The zero-order valence-electron chi connectivity index (χ0n) is 12.1. The van der Waals surface area contributed by atoms with Crippen LogP contribution in [0.2, 0.25) is 0 Å². The van der Waals surface area contributed by atoms with Gasteiger partial charge in [0.2, 0.25) is 5.88 Å². The van der Waals surface area contributed by atoms with Gasteiger partial charge >= 0.3 is 0 Å². The Kier molecular flexibility index (Phi) is 4.29. The average molecular weight is 282 g/mol. The molecule has 0 spiro atoms. The second kappa shape index (κ2) is 5.80. The summed E-state index contributed by atoms with van der Waals surface area (Å²) in [5, 5.41) is 13.5. The Morgan fingerprint density at radius 1 is 1.60 bits per heavy atom. The van der Waals surface area contributed by atoms with Gasteiger partial charge in [0.25, 0.3) is 0 Å². The van der Waals surface area contributed by atoms with Gasteiger partial charge in [-0.2, -0.15) is 4.98 Å². The van der Waals surface area contributed by atoms with Crippen molar-refractivity contribution >= 4 is 11.5 Å². The molecule has 1 aliphatic heterocycles. The first kappa shape index (κ1) is 14.8. The van der Waals surface area contributed by atoms with Gasteiger partial charge in [-0.05, 0) is 20.8 Å². The van der Waals surface area contributed by atoms with Gasteiger partial charge < -0.3 is 25.6 Å². The predicted molar refractivity (Wildman–Crippen MR) is 75.7 cm³/mol. The number of anilines is 2. The number of hydrogen-bond acceptors (Lipinski definition) is 7. The van der Waals surface area contributed by atoms with E-state index in [1.165, 1.54) is 6.33 Å². The lowest BCUT2D eigenvalue weighted by molar-refractivity contribution is -0.0176. The SMILES string of the molecule is CC(C)Oc1ncnc(NCC2(O)CCOC2C)c1N. The average Bonchev–Trinajstić information content (AvgIpc) is 2.71. The highest BCUT2D eigenvalue weighted by Crippen LogP contribution is 2.29. The third kappa shape index (κ3) is 3.10. The molecule has 0 saturated carbocycles. The maximum atomic E-state index is 10.4. The number of aromatic nitrogens is 2. The first-order chi connectivity index (χ1) is 9.42. The quantitative estimate of drug-likeness (QED) is 0.734. The van der Waals surface area contributed by atoms with Crippen molar-refractivity contribution in [1.82, 2.24) is 9.97 Å². The molecule has 2 atom stereocenters. The van der Waals surface area contributed by atoms with E-state index in [4.69, 9.17) is 15.2 Å². The van der Waals surface area contributed by atoms with Crippen LogP contribution in [0.1, 0.15) is 27.2 Å². The zero-order valence-corrected chi connectivity index (χ0v) is 12.1. The van der Waals surface area contributed by atoms with E-state index < -0.39 is 5.60 Å². The predicted octanol–water partition coefficient (Wildman–Crippen LogP) is 0.798. The summed E-state index contributed by atoms with van der Waals surface area (Å²) in [4.78, 5) is 8.09. The lowest BCUT2D eigenvalue weighted by Crippen LogP contribution is -2.43. The van der Waals surface area contributed by atoms with Gasteiger partial charge in [-0.15, -0.1) is 0 Å². The fourth-order valence-electron chi connectivity index (χ4n) is 2.08. The van der Waals surface area contributed by atoms with Gasteiger partial charge in [-0.1, -0.05) is 0 Å². The summed E-state index contributed by atoms with van der Waals surface area (Å²) in [5.74, 6) is 0.809. The summed E-state index contributed by atoms with van der Waals surface area (Å²) < 4.78 is 10.9. The van der Waals surface area contributed by atoms with Gasteiger partial charge in [0.1, 0.15) is 17.6 Å². The number of nitrogens with zero attached hydrogens (tertiary/aromatic N) is 2. The molecule has 0 radical (unpaired) electrons. The topological polar surface area (TPSA) is 103 Å². The van der Waals surface area contributed by atoms with E-state index in [9.17, 15) is 5.11 Å². The summed E-state index contributed by atoms with van der Waals surface area (Å²) in [7, 11) is 0. The van der Waals surface area contributed by atoms with Crippen molar-refractivity contribution in [2.45, 2.75) is 45.0 Å². The summed E-state index contributed by atoms with van der Waals surface area (Å²) in [6, 6.07) is 0. The van der Waals surface area contributed by atoms with Crippen molar-refractivity contribution < 1.29 is 14.6 Å². The van der Waals surface area contributed by atoms with E-state index in [0.29, 0.717) is 37.0 Å². The second-order valence-electron chi connectivity index (χ2n) is 5.33. The van der Waals surface area contributed by atoms with Gasteiger partial charge in [0, 0.05) is 19.6 Å². The van der Waals surface area contributed by atoms with E-state index >= 15 is 0 Å². The zero-order chi connectivity index (χ0) is 14.8. The second-order valence-corrected chi connectivity index (χ2v) is 5.33. The maximum absolute atomic E-state index is 10.4. The summed E-state index contributed by atoms with van der Waals surface area (Å²) in [6.45, 7) is 6.52. The number of aliphatic hydroxyl groups is 1. The van der Waals surface area contributed by atoms with Crippen LogP contribution < -0.4 is 15.8 Å². The monoisotopic (exact) mass is 282 g/mol. The highest BCUT2D eigenvalue weighted by Gasteiger charge is 2.39. The third-order valence-electron chi connectivity index (χ3n) is 3.42. The molecule has 4 N–H and O–H groups in total. The molecule has 2 rings (SSSR count). The molecule has 1 fully saturated rings. The van der Waals surface area contributed by atoms with Crippen LogP contribution in [0.3, 0.4) is 0 Å². The number of rotatable bonds is 5. The van der Waals surface area contributed by atoms with Crippen LogP contribution in [0.15, 0.2) is 6.33 Å². The number of nitrogens with two attached hydrogens (primary N) is 1. The molecule has 0 amide bonds. The Labute approximate surface area is 118 Å². The van der Waals surface area contributed by atoms with Crippen molar-refractivity contribution in [2.75, 3.05) is 24.2 Å². The molecule has 1 aromatic rings. The first-order valence-corrected chi connectivity index (χ1v) is 6.77. The minimum atomic E-state index is -0.906. The fraction of sp³-hybridized carbons (Fsp3) is 0.692. The molecule has 7 heteroatoms. The molecule has 0 aliphatic carbocycles. The standard InChI is InChI=1S/C13H22N4O3/c1-8(2)20-12-10(14)11(16-7-17-12)15-6-13(18)4-5-19-9(13)3/h7-9,18H,4-6,14H2,1-3H3,(H,15,16,17). The van der Waals surface area contributed by atoms with Crippen LogP contribution in [0.25, 0.3) is 0 Å². The molecule has 2 unspecified atom stereocenters. The van der Waals surface area contributed by atoms with Crippen molar-refractivity contribution in [1.29, 1.82) is 0 Å². The normalized spacial score (nSPS) is 25.9. The molecule has 2 heterocycles. The van der Waals surface area contributed by atoms with E-state index in [0.717, 1.165) is 0 Å². The molecule has 7 nitrogen and oxygen atoms in total. The molecule has 20 heavy (non-hydrogen) atoms. The van der Waals surface area contributed by atoms with E-state index in [1.807, 2.05) is 20.8 Å². The lowest BCUT2D eigenvalue weighted by Gasteiger charge is -2.26. The Morgan fingerprint density at radius 3 is 2.95 bits per heavy atom. The summed E-state index contributed by atoms with van der Waals surface area (Å²) in [5.41, 5.74) is 5.41. The molecular formula is C13H22N4O3. The Bertz CT molecular complexity index is 469. The number of nitrogens with one attached hydrogen (secondary N) is 1. The summed E-state index contributed by atoms with van der Waals surface area (Å²) in [6.07, 6.45) is 1.73. The van der Waals surface area contributed by atoms with Crippen molar-refractivity contribution in [3.8, 4) is 5.88 Å². The molecule has 0 aromatic carbocycles. The number of hydrogen-bond donors (Lipinski definition) is 3. The van der Waals surface area contributed by atoms with Crippen LogP contribution in [0, 0.1) is 0 Å². The van der Waals surface area contributed by atoms with Gasteiger partial charge in [0.15, 0.2) is 5.82 Å². The Morgan fingerprint density at radius 2 is 2.35 bits per heavy atom. The molecule has 1 saturated heterocycles. The van der Waals surface area contributed by atoms with E-state index in [2.05, 4.69) is 15.3 Å². The molecule has 112 valence electrons. The van der Waals surface area contributed by atoms with Crippen LogP contribution in [0.4, 0.5) is 11.5 Å². The smallest absolute Gasteiger partial charge is 0.242 e. The largest absolute Gasteiger partial charge is 0.473 e. The highest BCUT2D eigenvalue weighted by atomic mass is 16.5. The molecular weight excluding hydrogens is 260 g/mol. The maximum Gasteiger partial charge on any atom is 0.242 e. The minimum Gasteiger partial charge on any atom is -0.473 e. The fourth-order valence-corrected chi connectivity index (χ4v) is 2.08. The van der Waals surface area contributed by atoms with Crippen molar-refractivity contribution in [2.24, 2.45) is 0 Å². The van der Waals surface area contributed by atoms with Crippen LogP contribution in [0.5, 0.6) is 5.88 Å². The van der Waals surface area contributed by atoms with Gasteiger partial charge in [0.05, 0.1) is 12.2 Å².